The Morgan fingerprint density at radius 2 is 2.17 bits per heavy atom. The second-order valence-electron chi connectivity index (χ2n) is 0.648. The van der Waals surface area contributed by atoms with E-state index in [0.717, 1.165) is 0 Å². The van der Waals surface area contributed by atoms with Crippen LogP contribution < -0.4 is 0 Å². The maximum Gasteiger partial charge on any atom is 0 e. The summed E-state index contributed by atoms with van der Waals surface area (Å²) in [6, 6.07) is 0. The van der Waals surface area contributed by atoms with Gasteiger partial charge < -0.3 is 24.8 Å². The average molecular weight is 155 g/mol. The van der Waals surface area contributed by atoms with Crippen molar-refractivity contribution in [3.05, 3.63) is 24.8 Å². The minimum atomic E-state index is 0. The normalized spacial score (nSPS) is 7.50. The molecule has 6 heavy (non-hydrogen) atoms. The second kappa shape index (κ2) is 9.13. The molecule has 0 amide bonds. The largest absolute Gasteiger partial charge is 0.394 e. The van der Waals surface area contributed by atoms with Crippen molar-refractivity contribution in [1.82, 2.24) is 0 Å². The Morgan fingerprint density at radius 1 is 1.67 bits per heavy atom. The van der Waals surface area contributed by atoms with Crippen molar-refractivity contribution in [1.29, 1.82) is 0 Å². The minimum Gasteiger partial charge on any atom is -0.394 e. The van der Waals surface area contributed by atoms with Crippen LogP contribution in [-0.2, 0) is 32.7 Å². The zero-order chi connectivity index (χ0) is 4.12. The van der Waals surface area contributed by atoms with Crippen molar-refractivity contribution in [3.63, 3.8) is 0 Å². The summed E-state index contributed by atoms with van der Waals surface area (Å²) in [6.07, 6.45) is 5.81. The van der Waals surface area contributed by atoms with Gasteiger partial charge in [-0.15, -0.1) is 6.92 Å². The van der Waals surface area contributed by atoms with Gasteiger partial charge in [-0.1, -0.05) is 0 Å². The van der Waals surface area contributed by atoms with Crippen LogP contribution in [0.3, 0.4) is 0 Å². The third kappa shape index (κ3) is 8.82. The van der Waals surface area contributed by atoms with Crippen molar-refractivity contribution in [2.75, 3.05) is 0 Å². The molecule has 0 aromatic rings. The zero-order valence-electron chi connectivity index (χ0n) is 3.81. The van der Waals surface area contributed by atoms with Gasteiger partial charge in [-0.2, -0.15) is 0 Å². The van der Waals surface area contributed by atoms with Gasteiger partial charge in [0.05, 0.1) is 0 Å². The monoisotopic (exact) mass is 155 g/mol. The quantitative estimate of drug-likeness (QED) is 0.396. The summed E-state index contributed by atoms with van der Waals surface area (Å²) in [5, 5.41) is 0. The van der Waals surface area contributed by atoms with Gasteiger partial charge in [0, 0.05) is 32.7 Å². The van der Waals surface area contributed by atoms with E-state index < -0.39 is 0 Å². The molecule has 0 spiro atoms. The van der Waals surface area contributed by atoms with Crippen LogP contribution in [0, 0.1) is 12.7 Å². The maximum atomic E-state index is 4.90. The molecular weight excluding hydrogens is 149 g/mol. The van der Waals surface area contributed by atoms with Crippen molar-refractivity contribution in [2.45, 2.75) is 6.92 Å². The Bertz CT molecular complexity index is 45.9. The average Bonchev–Trinajstić information content (AvgIpc) is 1.41. The fraction of sp³-hybridized carbons (Fsp3) is 0.200. The topological polar surface area (TPSA) is 0 Å². The van der Waals surface area contributed by atoms with E-state index in [2.05, 4.69) is 6.08 Å². The molecule has 0 atom stereocenters. The molecule has 0 aliphatic rings. The van der Waals surface area contributed by atoms with Crippen molar-refractivity contribution >= 4 is 0 Å². The van der Waals surface area contributed by atoms with E-state index >= 15 is 0 Å². The van der Waals surface area contributed by atoms with Crippen LogP contribution in [0.25, 0.3) is 0 Å². The van der Waals surface area contributed by atoms with Gasteiger partial charge in [0.15, 0.2) is 0 Å². The Labute approximate surface area is 64.2 Å². The first kappa shape index (κ1) is 9.77. The Hall–Kier alpha value is 0.584. The van der Waals surface area contributed by atoms with Crippen LogP contribution in [0.4, 0.5) is 0 Å². The first-order valence-electron chi connectivity index (χ1n) is 1.46. The molecule has 0 saturated carbocycles. The summed E-state index contributed by atoms with van der Waals surface area (Å²) in [4.78, 5) is 0. The zero-order valence-corrected chi connectivity index (χ0v) is 6.65. The Morgan fingerprint density at radius 3 is 2.17 bits per heavy atom. The van der Waals surface area contributed by atoms with E-state index in [4.69, 9.17) is 6.58 Å². The van der Waals surface area contributed by atoms with Crippen LogP contribution in [0.15, 0.2) is 12.2 Å². The van der Waals surface area contributed by atoms with E-state index in [0.29, 0.717) is 0 Å². The molecular formula is C5H6Y-2. The first-order chi connectivity index (χ1) is 2.41. The van der Waals surface area contributed by atoms with Gasteiger partial charge >= 0.3 is 0 Å². The molecule has 0 aliphatic carbocycles. The smallest absolute Gasteiger partial charge is 0 e. The van der Waals surface area contributed by atoms with Crippen LogP contribution in [0.2, 0.25) is 0 Å². The van der Waals surface area contributed by atoms with Gasteiger partial charge in [0.2, 0.25) is 0 Å². The number of hydrogen-bond acceptors (Lipinski definition) is 0. The summed E-state index contributed by atoms with van der Waals surface area (Å²) in [7, 11) is 0. The number of rotatable bonds is 1. The van der Waals surface area contributed by atoms with Gasteiger partial charge in [-0.3, -0.25) is 0 Å². The summed E-state index contributed by atoms with van der Waals surface area (Å²) < 4.78 is 0. The van der Waals surface area contributed by atoms with E-state index in [1.54, 1.807) is 13.0 Å². The van der Waals surface area contributed by atoms with E-state index in [1.165, 1.54) is 6.08 Å². The molecule has 0 fully saturated rings. The molecule has 0 saturated heterocycles. The molecule has 0 nitrogen and oxygen atoms in total. The van der Waals surface area contributed by atoms with Crippen molar-refractivity contribution < 1.29 is 32.7 Å². The van der Waals surface area contributed by atoms with E-state index in [1.807, 2.05) is 0 Å². The van der Waals surface area contributed by atoms with E-state index in [-0.39, 0.29) is 32.7 Å². The molecule has 0 aliphatic heterocycles. The molecule has 0 aromatic heterocycles. The van der Waals surface area contributed by atoms with Gasteiger partial charge in [-0.25, -0.2) is 0 Å². The third-order valence-electron chi connectivity index (χ3n) is 0.263. The minimum absolute atomic E-state index is 0. The Kier molecular flexibility index (Phi) is 14.9. The predicted molar refractivity (Wildman–Crippen MR) is 22.4 cm³/mol. The van der Waals surface area contributed by atoms with Crippen LogP contribution in [-0.4, -0.2) is 0 Å². The fourth-order valence-electron chi connectivity index (χ4n) is 0.0962. The number of hydrogen-bond donors (Lipinski definition) is 0. The van der Waals surface area contributed by atoms with Gasteiger partial charge in [0.25, 0.3) is 0 Å². The second-order valence-corrected chi connectivity index (χ2v) is 0.648. The predicted octanol–water partition coefficient (Wildman–Crippen LogP) is 1.35. The molecule has 1 heteroatoms. The van der Waals surface area contributed by atoms with Crippen molar-refractivity contribution in [3.8, 4) is 0 Å². The fourth-order valence-corrected chi connectivity index (χ4v) is 0.0962. The SMILES string of the molecule is [CH-]=CC=[C-]C.[Y]. The molecule has 0 N–H and O–H groups in total. The van der Waals surface area contributed by atoms with Crippen molar-refractivity contribution in [2.24, 2.45) is 0 Å². The van der Waals surface area contributed by atoms with Crippen LogP contribution in [0.5, 0.6) is 0 Å². The maximum absolute atomic E-state index is 4.90. The standard InChI is InChI=1S/C5H6.Y/c1-3-5-4-2;/h1,3,5H,2H3;/q-2;. The summed E-state index contributed by atoms with van der Waals surface area (Å²) >= 11 is 0. The van der Waals surface area contributed by atoms with Gasteiger partial charge in [0.1, 0.15) is 0 Å². The van der Waals surface area contributed by atoms with Gasteiger partial charge in [-0.05, 0) is 0 Å². The Balaban J connectivity index is 0. The molecule has 31 valence electrons. The molecule has 0 aromatic carbocycles. The molecule has 0 rings (SSSR count). The summed E-state index contributed by atoms with van der Waals surface area (Å²) in [6.45, 7) is 6.69. The van der Waals surface area contributed by atoms with Crippen LogP contribution >= 0.6 is 0 Å². The summed E-state index contributed by atoms with van der Waals surface area (Å²) in [5.41, 5.74) is 0. The molecule has 0 bridgehead atoms. The molecule has 0 heterocycles. The summed E-state index contributed by atoms with van der Waals surface area (Å²) in [5.74, 6) is 0. The third-order valence-corrected chi connectivity index (χ3v) is 0.263. The molecule has 1 radical (unpaired) electrons. The van der Waals surface area contributed by atoms with Crippen LogP contribution in [0.1, 0.15) is 6.92 Å². The first-order valence-corrected chi connectivity index (χ1v) is 1.46. The van der Waals surface area contributed by atoms with E-state index in [9.17, 15) is 0 Å². The molecule has 0 unspecified atom stereocenters. The number of allylic oxidation sites excluding steroid dienone is 3.